The third-order valence-corrected chi connectivity index (χ3v) is 2.93. The minimum Gasteiger partial charge on any atom is -0.332 e. The number of nitrogens with zero attached hydrogens (tertiary/aromatic N) is 3. The van der Waals surface area contributed by atoms with Gasteiger partial charge in [0, 0.05) is 31.2 Å². The molecule has 0 saturated carbocycles. The quantitative estimate of drug-likeness (QED) is 0.805. The highest BCUT2D eigenvalue weighted by atomic mass is 19.1. The Morgan fingerprint density at radius 2 is 2.10 bits per heavy atom. The van der Waals surface area contributed by atoms with E-state index in [1.165, 1.54) is 18.3 Å². The summed E-state index contributed by atoms with van der Waals surface area (Å²) in [6, 6.07) is 6.41. The van der Waals surface area contributed by atoms with Crippen LogP contribution in [0.3, 0.4) is 0 Å². The van der Waals surface area contributed by atoms with Crippen molar-refractivity contribution >= 4 is 5.91 Å². The molecule has 2 aromatic heterocycles. The molecule has 0 radical (unpaired) electrons. The lowest BCUT2D eigenvalue weighted by Crippen LogP contribution is -2.36. The molecule has 0 aliphatic heterocycles. The van der Waals surface area contributed by atoms with Gasteiger partial charge in [-0.25, -0.2) is 4.98 Å². The third-order valence-electron chi connectivity index (χ3n) is 2.93. The molecule has 0 saturated heterocycles. The van der Waals surface area contributed by atoms with Crippen molar-refractivity contribution in [2.24, 2.45) is 0 Å². The number of aromatic nitrogens is 2. The van der Waals surface area contributed by atoms with E-state index in [0.29, 0.717) is 12.1 Å². The zero-order valence-corrected chi connectivity index (χ0v) is 11.5. The van der Waals surface area contributed by atoms with Crippen LogP contribution < -0.4 is 0 Å². The summed E-state index contributed by atoms with van der Waals surface area (Å²) < 4.78 is 12.8. The first-order chi connectivity index (χ1) is 9.58. The molecule has 0 atom stereocenters. The molecule has 0 aliphatic rings. The Morgan fingerprint density at radius 3 is 2.65 bits per heavy atom. The highest BCUT2D eigenvalue weighted by Crippen LogP contribution is 2.12. The van der Waals surface area contributed by atoms with Crippen molar-refractivity contribution in [1.82, 2.24) is 14.9 Å². The summed E-state index contributed by atoms with van der Waals surface area (Å²) in [5.74, 6) is -0.763. The van der Waals surface area contributed by atoms with Gasteiger partial charge in [-0.2, -0.15) is 4.39 Å². The zero-order valence-electron chi connectivity index (χ0n) is 11.5. The highest BCUT2D eigenvalue weighted by Gasteiger charge is 2.19. The van der Waals surface area contributed by atoms with Crippen LogP contribution in [0.25, 0.3) is 0 Å². The van der Waals surface area contributed by atoms with E-state index in [-0.39, 0.29) is 11.9 Å². The normalized spacial score (nSPS) is 10.6. The molecule has 0 aliphatic carbocycles. The van der Waals surface area contributed by atoms with Gasteiger partial charge in [-0.05, 0) is 37.6 Å². The minimum atomic E-state index is -0.593. The van der Waals surface area contributed by atoms with Crippen LogP contribution in [0, 0.1) is 5.95 Å². The van der Waals surface area contributed by atoms with Crippen molar-refractivity contribution in [2.45, 2.75) is 26.4 Å². The molecule has 0 N–H and O–H groups in total. The fraction of sp³-hybridized carbons (Fsp3) is 0.267. The molecule has 2 heterocycles. The maximum absolute atomic E-state index is 12.8. The molecular formula is C15H16FN3O. The fourth-order valence-corrected chi connectivity index (χ4v) is 1.85. The van der Waals surface area contributed by atoms with Crippen molar-refractivity contribution in [3.05, 3.63) is 59.9 Å². The Kier molecular flexibility index (Phi) is 4.40. The summed E-state index contributed by atoms with van der Waals surface area (Å²) in [6.45, 7) is 4.33. The second-order valence-electron chi connectivity index (χ2n) is 4.76. The van der Waals surface area contributed by atoms with E-state index in [4.69, 9.17) is 0 Å². The Balaban J connectivity index is 2.20. The van der Waals surface area contributed by atoms with Crippen molar-refractivity contribution in [3.63, 3.8) is 0 Å². The van der Waals surface area contributed by atoms with Crippen LogP contribution in [0.5, 0.6) is 0 Å². The summed E-state index contributed by atoms with van der Waals surface area (Å²) in [5.41, 5.74) is 1.33. The lowest BCUT2D eigenvalue weighted by Gasteiger charge is -2.26. The predicted octanol–water partition coefficient (Wildman–Crippen LogP) is 2.67. The molecule has 0 fully saturated rings. The molecule has 0 aromatic carbocycles. The molecule has 0 unspecified atom stereocenters. The number of hydrogen-bond donors (Lipinski definition) is 0. The van der Waals surface area contributed by atoms with Gasteiger partial charge in [0.2, 0.25) is 5.95 Å². The number of amides is 1. The topological polar surface area (TPSA) is 46.1 Å². The van der Waals surface area contributed by atoms with Crippen molar-refractivity contribution in [2.75, 3.05) is 0 Å². The number of carbonyl (C=O) groups excluding carboxylic acids is 1. The molecule has 5 heteroatoms. The van der Waals surface area contributed by atoms with E-state index in [9.17, 15) is 9.18 Å². The van der Waals surface area contributed by atoms with E-state index >= 15 is 0 Å². The van der Waals surface area contributed by atoms with E-state index in [2.05, 4.69) is 9.97 Å². The largest absolute Gasteiger partial charge is 0.332 e. The maximum Gasteiger partial charge on any atom is 0.255 e. The van der Waals surface area contributed by atoms with Gasteiger partial charge < -0.3 is 4.90 Å². The zero-order chi connectivity index (χ0) is 14.5. The first-order valence-corrected chi connectivity index (χ1v) is 6.39. The lowest BCUT2D eigenvalue weighted by atomic mass is 10.2. The average molecular weight is 273 g/mol. The third kappa shape index (κ3) is 3.38. The molecule has 2 rings (SSSR count). The van der Waals surface area contributed by atoms with Gasteiger partial charge in [0.25, 0.3) is 5.91 Å². The molecule has 0 bridgehead atoms. The van der Waals surface area contributed by atoms with Gasteiger partial charge in [0.15, 0.2) is 0 Å². The van der Waals surface area contributed by atoms with E-state index in [1.54, 1.807) is 17.3 Å². The molecular weight excluding hydrogens is 257 g/mol. The van der Waals surface area contributed by atoms with Crippen LogP contribution in [-0.4, -0.2) is 26.8 Å². The summed E-state index contributed by atoms with van der Waals surface area (Å²) in [7, 11) is 0. The minimum absolute atomic E-state index is 0.0211. The standard InChI is InChI=1S/C15H16FN3O/c1-11(2)19(10-12-4-3-7-17-8-12)15(20)13-5-6-14(16)18-9-13/h3-9,11H,10H2,1-2H3. The van der Waals surface area contributed by atoms with Crippen molar-refractivity contribution in [1.29, 1.82) is 0 Å². The van der Waals surface area contributed by atoms with Gasteiger partial charge in [0.1, 0.15) is 0 Å². The summed E-state index contributed by atoms with van der Waals surface area (Å²) >= 11 is 0. The average Bonchev–Trinajstić information content (AvgIpc) is 2.45. The smallest absolute Gasteiger partial charge is 0.255 e. The fourth-order valence-electron chi connectivity index (χ4n) is 1.85. The first kappa shape index (κ1) is 14.1. The monoisotopic (exact) mass is 273 g/mol. The highest BCUT2D eigenvalue weighted by molar-refractivity contribution is 5.94. The number of rotatable bonds is 4. The Morgan fingerprint density at radius 1 is 1.30 bits per heavy atom. The van der Waals surface area contributed by atoms with Crippen molar-refractivity contribution in [3.8, 4) is 0 Å². The van der Waals surface area contributed by atoms with Gasteiger partial charge in [0.05, 0.1) is 5.56 Å². The van der Waals surface area contributed by atoms with Gasteiger partial charge in [-0.1, -0.05) is 6.07 Å². The Bertz CT molecular complexity index is 569. The van der Waals surface area contributed by atoms with E-state index in [1.807, 2.05) is 26.0 Å². The van der Waals surface area contributed by atoms with Crippen LogP contribution >= 0.6 is 0 Å². The van der Waals surface area contributed by atoms with Crippen molar-refractivity contribution < 1.29 is 9.18 Å². The first-order valence-electron chi connectivity index (χ1n) is 6.39. The number of halogens is 1. The van der Waals surface area contributed by atoms with Gasteiger partial charge >= 0.3 is 0 Å². The van der Waals surface area contributed by atoms with Crippen LogP contribution in [0.1, 0.15) is 29.8 Å². The molecule has 1 amide bonds. The Hall–Kier alpha value is -2.30. The predicted molar refractivity (Wildman–Crippen MR) is 73.4 cm³/mol. The molecule has 0 spiro atoms. The second-order valence-corrected chi connectivity index (χ2v) is 4.76. The molecule has 2 aromatic rings. The number of carbonyl (C=O) groups is 1. The summed E-state index contributed by atoms with van der Waals surface area (Å²) in [5, 5.41) is 0. The van der Waals surface area contributed by atoms with Crippen LogP contribution in [-0.2, 0) is 6.54 Å². The van der Waals surface area contributed by atoms with E-state index in [0.717, 1.165) is 5.56 Å². The van der Waals surface area contributed by atoms with Crippen LogP contribution in [0.2, 0.25) is 0 Å². The maximum atomic E-state index is 12.8. The molecule has 20 heavy (non-hydrogen) atoms. The summed E-state index contributed by atoms with van der Waals surface area (Å²) in [6.07, 6.45) is 4.68. The van der Waals surface area contributed by atoms with Crippen LogP contribution in [0.4, 0.5) is 4.39 Å². The van der Waals surface area contributed by atoms with Gasteiger partial charge in [-0.3, -0.25) is 9.78 Å². The molecule has 104 valence electrons. The SMILES string of the molecule is CC(C)N(Cc1cccnc1)C(=O)c1ccc(F)nc1. The van der Waals surface area contributed by atoms with Crippen LogP contribution in [0.15, 0.2) is 42.9 Å². The lowest BCUT2D eigenvalue weighted by molar-refractivity contribution is 0.0689. The van der Waals surface area contributed by atoms with E-state index < -0.39 is 5.95 Å². The molecule has 4 nitrogen and oxygen atoms in total. The Labute approximate surface area is 117 Å². The second kappa shape index (κ2) is 6.23. The summed E-state index contributed by atoms with van der Waals surface area (Å²) in [4.78, 5) is 21.7. The number of pyridine rings is 2. The number of hydrogen-bond acceptors (Lipinski definition) is 3. The van der Waals surface area contributed by atoms with Gasteiger partial charge in [-0.15, -0.1) is 0 Å².